The highest BCUT2D eigenvalue weighted by molar-refractivity contribution is 6.42. The summed E-state index contributed by atoms with van der Waals surface area (Å²) >= 11 is 12.4. The van der Waals surface area contributed by atoms with E-state index in [9.17, 15) is 0 Å². The molecule has 0 aliphatic rings. The van der Waals surface area contributed by atoms with Crippen LogP contribution in [0.4, 0.5) is 5.82 Å². The smallest absolute Gasteiger partial charge is 0.155 e. The Labute approximate surface area is 182 Å². The summed E-state index contributed by atoms with van der Waals surface area (Å²) < 4.78 is 0. The van der Waals surface area contributed by atoms with Gasteiger partial charge in [-0.1, -0.05) is 36.2 Å². The van der Waals surface area contributed by atoms with E-state index in [0.29, 0.717) is 38.6 Å². The number of nitrogens with one attached hydrogen (secondary N) is 1. The first-order chi connectivity index (χ1) is 13.9. The maximum Gasteiger partial charge on any atom is 0.155 e. The van der Waals surface area contributed by atoms with Crippen LogP contribution in [0.15, 0.2) is 36.5 Å². The second-order valence-electron chi connectivity index (χ2n) is 7.54. The summed E-state index contributed by atoms with van der Waals surface area (Å²) in [5.74, 6) is 0.708. The summed E-state index contributed by atoms with van der Waals surface area (Å²) in [6.07, 6.45) is 5.03. The predicted octanol–water partition coefficient (Wildman–Crippen LogP) is 5.92. The quantitative estimate of drug-likeness (QED) is 0.479. The molecule has 7 heteroatoms. The fourth-order valence-electron chi connectivity index (χ4n) is 3.41. The van der Waals surface area contributed by atoms with Crippen molar-refractivity contribution in [3.63, 3.8) is 0 Å². The van der Waals surface area contributed by atoms with Crippen molar-refractivity contribution in [2.45, 2.75) is 45.2 Å². The third-order valence-electron chi connectivity index (χ3n) is 5.13. The van der Waals surface area contributed by atoms with Gasteiger partial charge in [-0.25, -0.2) is 9.97 Å². The van der Waals surface area contributed by atoms with Gasteiger partial charge in [0.15, 0.2) is 5.82 Å². The second-order valence-corrected chi connectivity index (χ2v) is 8.35. The van der Waals surface area contributed by atoms with Gasteiger partial charge in [0.05, 0.1) is 26.8 Å². The lowest BCUT2D eigenvalue weighted by Gasteiger charge is -2.25. The summed E-state index contributed by atoms with van der Waals surface area (Å²) in [6, 6.07) is 10.1. The largest absolute Gasteiger partial charge is 0.366 e. The monoisotopic (exact) mass is 431 g/mol. The van der Waals surface area contributed by atoms with Gasteiger partial charge in [0.25, 0.3) is 0 Å². The zero-order valence-electron chi connectivity index (χ0n) is 17.3. The van der Waals surface area contributed by atoms with E-state index in [4.69, 9.17) is 33.2 Å². The number of pyridine rings is 1. The molecule has 1 aromatic carbocycles. The highest BCUT2D eigenvalue weighted by Gasteiger charge is 2.17. The standard InChI is InChI=1S/C22H27Cl2N5/c1-5-15(29(3)4)10-9-14(2)26-22-21(18-8-6-7-11-25-18)27-19-12-16(23)17(24)13-20(19)28-22/h6-8,11-15H,5,9-10H2,1-4H3,(H,26,28). The van der Waals surface area contributed by atoms with E-state index in [1.807, 2.05) is 18.2 Å². The van der Waals surface area contributed by atoms with Crippen LogP contribution in [0.2, 0.25) is 10.0 Å². The second kappa shape index (κ2) is 9.70. The van der Waals surface area contributed by atoms with Gasteiger partial charge in [0.1, 0.15) is 5.69 Å². The van der Waals surface area contributed by atoms with Crippen molar-refractivity contribution < 1.29 is 0 Å². The molecule has 2 heterocycles. The van der Waals surface area contributed by atoms with Crippen LogP contribution >= 0.6 is 23.2 Å². The molecule has 2 aromatic heterocycles. The van der Waals surface area contributed by atoms with Gasteiger partial charge in [-0.3, -0.25) is 4.98 Å². The number of hydrogen-bond acceptors (Lipinski definition) is 5. The van der Waals surface area contributed by atoms with Gasteiger partial charge in [-0.05, 0) is 64.5 Å². The summed E-state index contributed by atoms with van der Waals surface area (Å²) in [7, 11) is 4.27. The third-order valence-corrected chi connectivity index (χ3v) is 5.85. The van der Waals surface area contributed by atoms with E-state index in [0.717, 1.165) is 25.0 Å². The number of halogens is 2. The number of anilines is 1. The molecule has 2 unspecified atom stereocenters. The lowest BCUT2D eigenvalue weighted by atomic mass is 10.0. The van der Waals surface area contributed by atoms with Gasteiger partial charge in [-0.2, -0.15) is 0 Å². The number of aromatic nitrogens is 3. The highest BCUT2D eigenvalue weighted by Crippen LogP contribution is 2.31. The van der Waals surface area contributed by atoms with Gasteiger partial charge >= 0.3 is 0 Å². The first-order valence-electron chi connectivity index (χ1n) is 9.90. The maximum atomic E-state index is 6.20. The number of fused-ring (bicyclic) bond motifs is 1. The zero-order valence-corrected chi connectivity index (χ0v) is 18.8. The number of benzene rings is 1. The molecule has 0 amide bonds. The summed E-state index contributed by atoms with van der Waals surface area (Å²) in [5.41, 5.74) is 2.87. The summed E-state index contributed by atoms with van der Waals surface area (Å²) in [5, 5.41) is 4.47. The molecule has 0 aliphatic carbocycles. The van der Waals surface area contributed by atoms with Crippen molar-refractivity contribution in [2.75, 3.05) is 19.4 Å². The van der Waals surface area contributed by atoms with Crippen LogP contribution in [-0.2, 0) is 0 Å². The number of hydrogen-bond donors (Lipinski definition) is 1. The molecule has 29 heavy (non-hydrogen) atoms. The fourth-order valence-corrected chi connectivity index (χ4v) is 3.73. The first-order valence-corrected chi connectivity index (χ1v) is 10.7. The molecule has 0 saturated carbocycles. The molecule has 1 N–H and O–H groups in total. The number of nitrogens with zero attached hydrogens (tertiary/aromatic N) is 4. The van der Waals surface area contributed by atoms with Gasteiger partial charge in [0.2, 0.25) is 0 Å². The van der Waals surface area contributed by atoms with Gasteiger partial charge < -0.3 is 10.2 Å². The van der Waals surface area contributed by atoms with Gasteiger partial charge in [0, 0.05) is 18.3 Å². The molecule has 0 aliphatic heterocycles. The Hall–Kier alpha value is -1.95. The van der Waals surface area contributed by atoms with Crippen LogP contribution in [0.1, 0.15) is 33.1 Å². The average Bonchev–Trinajstić information content (AvgIpc) is 2.69. The molecular formula is C22H27Cl2N5. The fraction of sp³-hybridized carbons (Fsp3) is 0.409. The van der Waals surface area contributed by atoms with Gasteiger partial charge in [-0.15, -0.1) is 0 Å². The van der Waals surface area contributed by atoms with E-state index in [1.54, 1.807) is 18.3 Å². The lowest BCUT2D eigenvalue weighted by Crippen LogP contribution is -2.29. The first kappa shape index (κ1) is 21.8. The topological polar surface area (TPSA) is 53.9 Å². The van der Waals surface area contributed by atoms with Crippen molar-refractivity contribution in [1.29, 1.82) is 0 Å². The molecule has 0 spiro atoms. The zero-order chi connectivity index (χ0) is 21.0. The van der Waals surface area contributed by atoms with Crippen LogP contribution in [0, 0.1) is 0 Å². The molecule has 5 nitrogen and oxygen atoms in total. The van der Waals surface area contributed by atoms with Crippen LogP contribution in [0.25, 0.3) is 22.4 Å². The lowest BCUT2D eigenvalue weighted by molar-refractivity contribution is 0.264. The molecule has 0 bridgehead atoms. The van der Waals surface area contributed by atoms with Crippen LogP contribution in [-0.4, -0.2) is 46.0 Å². The van der Waals surface area contributed by atoms with Crippen molar-refractivity contribution in [3.8, 4) is 11.4 Å². The molecule has 3 aromatic rings. The normalized spacial score (nSPS) is 13.6. The Morgan fingerprint density at radius 3 is 2.31 bits per heavy atom. The Balaban J connectivity index is 1.93. The molecule has 2 atom stereocenters. The molecular weight excluding hydrogens is 405 g/mol. The van der Waals surface area contributed by atoms with E-state index < -0.39 is 0 Å². The van der Waals surface area contributed by atoms with E-state index in [2.05, 4.69) is 43.1 Å². The molecule has 0 fully saturated rings. The van der Waals surface area contributed by atoms with Crippen LogP contribution in [0.5, 0.6) is 0 Å². The highest BCUT2D eigenvalue weighted by atomic mass is 35.5. The molecule has 0 radical (unpaired) electrons. The van der Waals surface area contributed by atoms with E-state index in [1.165, 1.54) is 0 Å². The predicted molar refractivity (Wildman–Crippen MR) is 123 cm³/mol. The Kier molecular flexibility index (Phi) is 7.28. The van der Waals surface area contributed by atoms with Crippen molar-refractivity contribution in [1.82, 2.24) is 19.9 Å². The minimum Gasteiger partial charge on any atom is -0.366 e. The minimum absolute atomic E-state index is 0.237. The molecule has 0 saturated heterocycles. The third kappa shape index (κ3) is 5.35. The Morgan fingerprint density at radius 1 is 1.03 bits per heavy atom. The van der Waals surface area contributed by atoms with E-state index >= 15 is 0 Å². The summed E-state index contributed by atoms with van der Waals surface area (Å²) in [4.78, 5) is 16.4. The SMILES string of the molecule is CCC(CCC(C)Nc1nc2cc(Cl)c(Cl)cc2nc1-c1ccccn1)N(C)C. The average molecular weight is 432 g/mol. The molecule has 3 rings (SSSR count). The summed E-state index contributed by atoms with van der Waals surface area (Å²) in [6.45, 7) is 4.40. The minimum atomic E-state index is 0.237. The Morgan fingerprint density at radius 2 is 1.72 bits per heavy atom. The van der Waals surface area contributed by atoms with Crippen molar-refractivity contribution >= 4 is 40.1 Å². The number of rotatable bonds is 8. The van der Waals surface area contributed by atoms with Crippen molar-refractivity contribution in [3.05, 3.63) is 46.6 Å². The van der Waals surface area contributed by atoms with Crippen LogP contribution < -0.4 is 5.32 Å². The van der Waals surface area contributed by atoms with Crippen molar-refractivity contribution in [2.24, 2.45) is 0 Å². The van der Waals surface area contributed by atoms with E-state index in [-0.39, 0.29) is 6.04 Å². The Bertz CT molecular complexity index is 962. The van der Waals surface area contributed by atoms with Crippen LogP contribution in [0.3, 0.4) is 0 Å². The maximum absolute atomic E-state index is 6.20. The molecule has 154 valence electrons.